The summed E-state index contributed by atoms with van der Waals surface area (Å²) in [5.74, 6) is 0.458. The smallest absolute Gasteiger partial charge is 0.253 e. The molecule has 2 saturated heterocycles. The molecular weight excluding hydrogens is 331 g/mol. The van der Waals surface area contributed by atoms with Crippen molar-refractivity contribution in [3.05, 3.63) is 35.6 Å². The zero-order valence-electron chi connectivity index (χ0n) is 15.8. The van der Waals surface area contributed by atoms with Gasteiger partial charge in [0.1, 0.15) is 5.82 Å². The van der Waals surface area contributed by atoms with Crippen LogP contribution in [0.25, 0.3) is 0 Å². The Morgan fingerprint density at radius 2 is 1.92 bits per heavy atom. The molecule has 0 radical (unpaired) electrons. The van der Waals surface area contributed by atoms with E-state index in [1.807, 2.05) is 9.80 Å². The van der Waals surface area contributed by atoms with Crippen molar-refractivity contribution in [3.63, 3.8) is 0 Å². The summed E-state index contributed by atoms with van der Waals surface area (Å²) in [4.78, 5) is 29.0. The fourth-order valence-electron chi connectivity index (χ4n) is 4.21. The van der Waals surface area contributed by atoms with Gasteiger partial charge in [0.15, 0.2) is 0 Å². The van der Waals surface area contributed by atoms with Gasteiger partial charge >= 0.3 is 0 Å². The molecule has 5 heteroatoms. The van der Waals surface area contributed by atoms with Crippen LogP contribution in [0.5, 0.6) is 0 Å². The van der Waals surface area contributed by atoms with Crippen LogP contribution in [0.3, 0.4) is 0 Å². The van der Waals surface area contributed by atoms with Gasteiger partial charge in [-0.3, -0.25) is 9.59 Å². The number of likely N-dealkylation sites (tertiary alicyclic amines) is 2. The Morgan fingerprint density at radius 1 is 1.19 bits per heavy atom. The number of halogens is 1. The third-order valence-electron chi connectivity index (χ3n) is 5.76. The first kappa shape index (κ1) is 18.9. The molecule has 1 aromatic carbocycles. The molecule has 1 aromatic rings. The number of piperidine rings is 2. The van der Waals surface area contributed by atoms with Crippen LogP contribution < -0.4 is 0 Å². The van der Waals surface area contributed by atoms with Crippen LogP contribution in [0.15, 0.2) is 24.3 Å². The number of carbonyl (C=O) groups is 2. The summed E-state index contributed by atoms with van der Waals surface area (Å²) in [6, 6.07) is 5.77. The molecule has 3 rings (SSSR count). The maximum Gasteiger partial charge on any atom is 0.253 e. The predicted octanol–water partition coefficient (Wildman–Crippen LogP) is 3.72. The van der Waals surface area contributed by atoms with Crippen LogP contribution in [0.4, 0.5) is 4.39 Å². The minimum absolute atomic E-state index is 0.0127. The van der Waals surface area contributed by atoms with Crippen molar-refractivity contribution in [2.45, 2.75) is 46.0 Å². The molecule has 4 nitrogen and oxygen atoms in total. The molecule has 0 bridgehead atoms. The molecule has 2 amide bonds. The number of hydrogen-bond acceptors (Lipinski definition) is 2. The number of benzene rings is 1. The Balaban J connectivity index is 1.69. The molecule has 2 fully saturated rings. The Kier molecular flexibility index (Phi) is 5.64. The molecule has 0 aromatic heterocycles. The van der Waals surface area contributed by atoms with E-state index in [0.717, 1.165) is 45.3 Å². The molecule has 1 spiro atoms. The lowest BCUT2D eigenvalue weighted by Crippen LogP contribution is -2.55. The van der Waals surface area contributed by atoms with Gasteiger partial charge in [-0.25, -0.2) is 4.39 Å². The van der Waals surface area contributed by atoms with Crippen LogP contribution in [-0.4, -0.2) is 47.8 Å². The monoisotopic (exact) mass is 360 g/mol. The van der Waals surface area contributed by atoms with E-state index in [-0.39, 0.29) is 23.0 Å². The fraction of sp³-hybridized carbons (Fsp3) is 0.619. The van der Waals surface area contributed by atoms with Gasteiger partial charge in [0, 0.05) is 43.6 Å². The first-order valence-electron chi connectivity index (χ1n) is 9.71. The van der Waals surface area contributed by atoms with Crippen LogP contribution >= 0.6 is 0 Å². The van der Waals surface area contributed by atoms with Crippen LogP contribution in [0.2, 0.25) is 0 Å². The third-order valence-corrected chi connectivity index (χ3v) is 5.76. The summed E-state index contributed by atoms with van der Waals surface area (Å²) in [5.41, 5.74) is 0.547. The molecule has 26 heavy (non-hydrogen) atoms. The molecule has 0 aliphatic carbocycles. The zero-order chi connectivity index (χ0) is 18.7. The SMILES string of the molecule is CC(C)CCN1C[C@@]2(CCCN(C(=O)c3ccc(F)cc3)C2)CCC1=O. The zero-order valence-corrected chi connectivity index (χ0v) is 15.8. The summed E-state index contributed by atoms with van der Waals surface area (Å²) in [6.45, 7) is 7.34. The van der Waals surface area contributed by atoms with E-state index in [0.29, 0.717) is 24.4 Å². The van der Waals surface area contributed by atoms with Crippen molar-refractivity contribution in [2.75, 3.05) is 26.2 Å². The molecule has 2 heterocycles. The van der Waals surface area contributed by atoms with Gasteiger partial charge in [-0.05, 0) is 55.9 Å². The Bertz CT molecular complexity index is 658. The average molecular weight is 360 g/mol. The Hall–Kier alpha value is -1.91. The maximum absolute atomic E-state index is 13.1. The number of hydrogen-bond donors (Lipinski definition) is 0. The Labute approximate surface area is 155 Å². The predicted molar refractivity (Wildman–Crippen MR) is 99.2 cm³/mol. The van der Waals surface area contributed by atoms with Gasteiger partial charge in [0.05, 0.1) is 0 Å². The molecule has 2 aliphatic heterocycles. The highest BCUT2D eigenvalue weighted by Gasteiger charge is 2.42. The highest BCUT2D eigenvalue weighted by Crippen LogP contribution is 2.39. The summed E-state index contributed by atoms with van der Waals surface area (Å²) in [7, 11) is 0. The number of nitrogens with zero attached hydrogens (tertiary/aromatic N) is 2. The van der Waals surface area contributed by atoms with Crippen LogP contribution in [0.1, 0.15) is 56.3 Å². The molecule has 0 saturated carbocycles. The standard InChI is InChI=1S/C21H29FN2O2/c1-16(2)9-13-23-14-21(11-8-19(23)25)10-3-12-24(15-21)20(26)17-4-6-18(22)7-5-17/h4-7,16H,3,8-15H2,1-2H3/t21-/m1/s1. The van der Waals surface area contributed by atoms with Gasteiger partial charge in [0.2, 0.25) is 5.91 Å². The molecule has 142 valence electrons. The Morgan fingerprint density at radius 3 is 2.62 bits per heavy atom. The molecule has 0 N–H and O–H groups in total. The normalized spacial score (nSPS) is 23.8. The van der Waals surface area contributed by atoms with E-state index >= 15 is 0 Å². The minimum atomic E-state index is -0.330. The lowest BCUT2D eigenvalue weighted by Gasteiger charge is -2.48. The summed E-state index contributed by atoms with van der Waals surface area (Å²) >= 11 is 0. The quantitative estimate of drug-likeness (QED) is 0.821. The van der Waals surface area contributed by atoms with Crippen LogP contribution in [0, 0.1) is 17.2 Å². The third kappa shape index (κ3) is 4.25. The molecule has 0 unspecified atom stereocenters. The van der Waals surface area contributed by atoms with Gasteiger partial charge in [-0.2, -0.15) is 0 Å². The van der Waals surface area contributed by atoms with E-state index in [1.165, 1.54) is 12.1 Å². The second-order valence-electron chi connectivity index (χ2n) is 8.33. The second-order valence-corrected chi connectivity index (χ2v) is 8.33. The summed E-state index contributed by atoms with van der Waals surface area (Å²) in [6.07, 6.45) is 4.47. The van der Waals surface area contributed by atoms with E-state index < -0.39 is 0 Å². The van der Waals surface area contributed by atoms with Crippen molar-refractivity contribution >= 4 is 11.8 Å². The summed E-state index contributed by atoms with van der Waals surface area (Å²) in [5, 5.41) is 0. The van der Waals surface area contributed by atoms with Crippen molar-refractivity contribution in [2.24, 2.45) is 11.3 Å². The van der Waals surface area contributed by atoms with E-state index in [1.54, 1.807) is 12.1 Å². The second kappa shape index (κ2) is 7.77. The van der Waals surface area contributed by atoms with Gasteiger partial charge < -0.3 is 9.80 Å². The lowest BCUT2D eigenvalue weighted by molar-refractivity contribution is -0.139. The molecule has 2 aliphatic rings. The van der Waals surface area contributed by atoms with Crippen molar-refractivity contribution in [3.8, 4) is 0 Å². The maximum atomic E-state index is 13.1. The largest absolute Gasteiger partial charge is 0.342 e. The number of rotatable bonds is 4. The van der Waals surface area contributed by atoms with Gasteiger partial charge in [-0.1, -0.05) is 13.8 Å². The molecule has 1 atom stereocenters. The summed E-state index contributed by atoms with van der Waals surface area (Å²) < 4.78 is 13.1. The van der Waals surface area contributed by atoms with Gasteiger partial charge in [-0.15, -0.1) is 0 Å². The minimum Gasteiger partial charge on any atom is -0.342 e. The first-order valence-corrected chi connectivity index (χ1v) is 9.71. The van der Waals surface area contributed by atoms with Crippen LogP contribution in [-0.2, 0) is 4.79 Å². The topological polar surface area (TPSA) is 40.6 Å². The highest BCUT2D eigenvalue weighted by molar-refractivity contribution is 5.94. The van der Waals surface area contributed by atoms with Crippen molar-refractivity contribution in [1.29, 1.82) is 0 Å². The van der Waals surface area contributed by atoms with Gasteiger partial charge in [0.25, 0.3) is 5.91 Å². The van der Waals surface area contributed by atoms with E-state index in [9.17, 15) is 14.0 Å². The van der Waals surface area contributed by atoms with E-state index in [2.05, 4.69) is 13.8 Å². The fourth-order valence-corrected chi connectivity index (χ4v) is 4.21. The van der Waals surface area contributed by atoms with E-state index in [4.69, 9.17) is 0 Å². The highest BCUT2D eigenvalue weighted by atomic mass is 19.1. The lowest BCUT2D eigenvalue weighted by atomic mass is 9.73. The average Bonchev–Trinajstić information content (AvgIpc) is 2.63. The molecular formula is C21H29FN2O2. The number of amides is 2. The first-order chi connectivity index (χ1) is 12.4. The van der Waals surface area contributed by atoms with Crippen molar-refractivity contribution in [1.82, 2.24) is 9.80 Å². The van der Waals surface area contributed by atoms with Crippen molar-refractivity contribution < 1.29 is 14.0 Å². The number of carbonyl (C=O) groups excluding carboxylic acids is 2.